The fourth-order valence-electron chi connectivity index (χ4n) is 3.86. The summed E-state index contributed by atoms with van der Waals surface area (Å²) in [5.74, 6) is 0. The number of fused-ring (bicyclic) bond motifs is 3. The monoisotopic (exact) mass is 363 g/mol. The number of rotatable bonds is 3. The van der Waals surface area contributed by atoms with Gasteiger partial charge in [0.15, 0.2) is 5.58 Å². The summed E-state index contributed by atoms with van der Waals surface area (Å²) < 4.78 is 6.31. The van der Waals surface area contributed by atoms with E-state index in [4.69, 9.17) is 4.42 Å². The van der Waals surface area contributed by atoms with Crippen molar-refractivity contribution in [1.82, 2.24) is 0 Å². The molecule has 28 heavy (non-hydrogen) atoms. The second kappa shape index (κ2) is 6.58. The Balaban J connectivity index is 1.58. The molecular formula is C26H21NO. The number of benzene rings is 4. The lowest BCUT2D eigenvalue weighted by atomic mass is 10.1. The minimum absolute atomic E-state index is 0.932. The normalized spacial score (nSPS) is 11.2. The first-order valence-electron chi connectivity index (χ1n) is 9.52. The number of anilines is 2. The van der Waals surface area contributed by atoms with Gasteiger partial charge < -0.3 is 9.32 Å². The highest BCUT2D eigenvalue weighted by atomic mass is 16.3. The molecule has 1 heterocycles. The minimum Gasteiger partial charge on any atom is -0.454 e. The number of aryl methyl sites for hydroxylation is 1. The predicted octanol–water partition coefficient (Wildman–Crippen LogP) is 7.33. The van der Waals surface area contributed by atoms with Gasteiger partial charge in [0.1, 0.15) is 5.58 Å². The van der Waals surface area contributed by atoms with Crippen molar-refractivity contribution in [3.05, 3.63) is 96.6 Å². The third-order valence-corrected chi connectivity index (χ3v) is 5.42. The van der Waals surface area contributed by atoms with Crippen LogP contribution in [-0.4, -0.2) is 7.05 Å². The second-order valence-corrected chi connectivity index (χ2v) is 7.18. The van der Waals surface area contributed by atoms with Crippen molar-refractivity contribution in [2.45, 2.75) is 6.92 Å². The third-order valence-electron chi connectivity index (χ3n) is 5.42. The van der Waals surface area contributed by atoms with Crippen molar-refractivity contribution in [1.29, 1.82) is 0 Å². The van der Waals surface area contributed by atoms with Crippen LogP contribution in [0.2, 0.25) is 0 Å². The van der Waals surface area contributed by atoms with E-state index < -0.39 is 0 Å². The molecule has 0 unspecified atom stereocenters. The molecule has 0 radical (unpaired) electrons. The van der Waals surface area contributed by atoms with Crippen molar-refractivity contribution in [2.75, 3.05) is 11.9 Å². The fourth-order valence-corrected chi connectivity index (χ4v) is 3.86. The van der Waals surface area contributed by atoms with Gasteiger partial charge in [-0.3, -0.25) is 0 Å². The van der Waals surface area contributed by atoms with Crippen LogP contribution in [0.5, 0.6) is 0 Å². The smallest absolute Gasteiger partial charge is 0.159 e. The van der Waals surface area contributed by atoms with E-state index in [1.807, 2.05) is 6.07 Å². The highest BCUT2D eigenvalue weighted by Crippen LogP contribution is 2.38. The van der Waals surface area contributed by atoms with Crippen LogP contribution in [0.1, 0.15) is 5.56 Å². The average molecular weight is 363 g/mol. The number of hydrogen-bond acceptors (Lipinski definition) is 2. The number of nitrogens with zero attached hydrogens (tertiary/aromatic N) is 1. The summed E-state index contributed by atoms with van der Waals surface area (Å²) >= 11 is 0. The van der Waals surface area contributed by atoms with Crippen molar-refractivity contribution in [3.63, 3.8) is 0 Å². The second-order valence-electron chi connectivity index (χ2n) is 7.18. The van der Waals surface area contributed by atoms with Crippen molar-refractivity contribution in [3.8, 4) is 11.1 Å². The van der Waals surface area contributed by atoms with Crippen LogP contribution >= 0.6 is 0 Å². The summed E-state index contributed by atoms with van der Waals surface area (Å²) in [5, 5.41) is 2.33. The standard InChI is InChI=1S/C26H21NO/c1-18-8-6-11-22-23-12-7-13-24(26(23)28-25(18)22)27(2)21-16-14-20(15-17-21)19-9-4-3-5-10-19/h3-17H,1-2H3. The Morgan fingerprint density at radius 1 is 0.607 bits per heavy atom. The lowest BCUT2D eigenvalue weighted by molar-refractivity contribution is 0.665. The van der Waals surface area contributed by atoms with Gasteiger partial charge >= 0.3 is 0 Å². The Labute approximate surface area is 164 Å². The zero-order valence-electron chi connectivity index (χ0n) is 16.0. The first kappa shape index (κ1) is 16.6. The van der Waals surface area contributed by atoms with E-state index in [2.05, 4.69) is 104 Å². The predicted molar refractivity (Wildman–Crippen MR) is 118 cm³/mol. The Bertz CT molecular complexity index is 1270. The van der Waals surface area contributed by atoms with Crippen molar-refractivity contribution >= 4 is 33.3 Å². The van der Waals surface area contributed by atoms with Crippen LogP contribution in [0.25, 0.3) is 33.1 Å². The average Bonchev–Trinajstić information content (AvgIpc) is 3.14. The van der Waals surface area contributed by atoms with Gasteiger partial charge in [0.25, 0.3) is 0 Å². The first-order valence-corrected chi connectivity index (χ1v) is 9.52. The van der Waals surface area contributed by atoms with Crippen LogP contribution in [0.3, 0.4) is 0 Å². The zero-order chi connectivity index (χ0) is 19.1. The zero-order valence-corrected chi connectivity index (χ0v) is 16.0. The molecule has 1 aromatic heterocycles. The number of para-hydroxylation sites is 2. The maximum Gasteiger partial charge on any atom is 0.159 e. The molecule has 0 saturated heterocycles. The van der Waals surface area contributed by atoms with Crippen LogP contribution in [0.4, 0.5) is 11.4 Å². The molecule has 5 aromatic rings. The van der Waals surface area contributed by atoms with Gasteiger partial charge in [0.05, 0.1) is 5.69 Å². The Morgan fingerprint density at radius 2 is 1.25 bits per heavy atom. The van der Waals surface area contributed by atoms with E-state index >= 15 is 0 Å². The van der Waals surface area contributed by atoms with Gasteiger partial charge in [-0.1, -0.05) is 72.8 Å². The topological polar surface area (TPSA) is 16.4 Å². The molecule has 0 fully saturated rings. The van der Waals surface area contributed by atoms with Gasteiger partial charge in [0.2, 0.25) is 0 Å². The van der Waals surface area contributed by atoms with E-state index in [1.54, 1.807) is 0 Å². The molecule has 0 saturated carbocycles. The Kier molecular flexibility index (Phi) is 3.91. The van der Waals surface area contributed by atoms with Crippen molar-refractivity contribution < 1.29 is 4.42 Å². The molecule has 2 heteroatoms. The number of hydrogen-bond donors (Lipinski definition) is 0. The number of furan rings is 1. The summed E-state index contributed by atoms with van der Waals surface area (Å²) in [6.07, 6.45) is 0. The SMILES string of the molecule is Cc1cccc2c1oc1c(N(C)c3ccc(-c4ccccc4)cc3)cccc12. The molecule has 136 valence electrons. The molecule has 0 bridgehead atoms. The quantitative estimate of drug-likeness (QED) is 0.334. The van der Waals surface area contributed by atoms with Crippen molar-refractivity contribution in [2.24, 2.45) is 0 Å². The van der Waals surface area contributed by atoms with E-state index in [1.165, 1.54) is 16.5 Å². The summed E-state index contributed by atoms with van der Waals surface area (Å²) in [4.78, 5) is 2.19. The molecule has 0 spiro atoms. The van der Waals surface area contributed by atoms with E-state index in [-0.39, 0.29) is 0 Å². The summed E-state index contributed by atoms with van der Waals surface area (Å²) in [5.41, 5.74) is 7.71. The minimum atomic E-state index is 0.932. The summed E-state index contributed by atoms with van der Waals surface area (Å²) in [6, 6.07) is 31.8. The molecule has 0 aliphatic rings. The lowest BCUT2D eigenvalue weighted by Crippen LogP contribution is -2.09. The molecule has 0 amide bonds. The summed E-state index contributed by atoms with van der Waals surface area (Å²) in [7, 11) is 2.09. The van der Waals surface area contributed by atoms with Crippen LogP contribution in [0, 0.1) is 6.92 Å². The molecule has 5 rings (SSSR count). The molecule has 0 atom stereocenters. The molecule has 0 N–H and O–H groups in total. The van der Waals surface area contributed by atoms with Crippen LogP contribution in [0.15, 0.2) is 95.4 Å². The molecular weight excluding hydrogens is 342 g/mol. The van der Waals surface area contributed by atoms with Gasteiger partial charge in [-0.2, -0.15) is 0 Å². The Hall–Kier alpha value is -3.52. The lowest BCUT2D eigenvalue weighted by Gasteiger charge is -2.20. The summed E-state index contributed by atoms with van der Waals surface area (Å²) in [6.45, 7) is 2.09. The molecule has 0 aliphatic heterocycles. The molecule has 2 nitrogen and oxygen atoms in total. The van der Waals surface area contributed by atoms with E-state index in [0.29, 0.717) is 0 Å². The van der Waals surface area contributed by atoms with Crippen LogP contribution in [-0.2, 0) is 0 Å². The molecule has 4 aromatic carbocycles. The molecule has 0 aliphatic carbocycles. The van der Waals surface area contributed by atoms with Crippen LogP contribution < -0.4 is 4.90 Å². The van der Waals surface area contributed by atoms with Gasteiger partial charge in [-0.25, -0.2) is 0 Å². The van der Waals surface area contributed by atoms with Gasteiger partial charge in [0, 0.05) is 23.5 Å². The van der Waals surface area contributed by atoms with E-state index in [0.717, 1.165) is 33.5 Å². The fraction of sp³-hybridized carbons (Fsp3) is 0.0769. The van der Waals surface area contributed by atoms with E-state index in [9.17, 15) is 0 Å². The van der Waals surface area contributed by atoms with Gasteiger partial charge in [-0.15, -0.1) is 0 Å². The largest absolute Gasteiger partial charge is 0.454 e. The highest BCUT2D eigenvalue weighted by Gasteiger charge is 2.15. The first-order chi connectivity index (χ1) is 13.7. The van der Waals surface area contributed by atoms with Gasteiger partial charge in [-0.05, 0) is 41.8 Å². The Morgan fingerprint density at radius 3 is 2.00 bits per heavy atom. The highest BCUT2D eigenvalue weighted by molar-refractivity contribution is 6.10. The third kappa shape index (κ3) is 2.66. The maximum absolute atomic E-state index is 6.31. The maximum atomic E-state index is 6.31.